The fourth-order valence-corrected chi connectivity index (χ4v) is 2.52. The van der Waals surface area contributed by atoms with Gasteiger partial charge in [0.1, 0.15) is 5.82 Å². The van der Waals surface area contributed by atoms with Crippen LogP contribution in [0.25, 0.3) is 0 Å². The van der Waals surface area contributed by atoms with Crippen molar-refractivity contribution in [2.75, 3.05) is 7.05 Å². The molecule has 2 N–H and O–H groups in total. The van der Waals surface area contributed by atoms with E-state index in [2.05, 4.69) is 52.5 Å². The molecule has 0 fully saturated rings. The summed E-state index contributed by atoms with van der Waals surface area (Å²) in [6.45, 7) is 2.24. The molecule has 0 aliphatic heterocycles. The summed E-state index contributed by atoms with van der Waals surface area (Å²) in [4.78, 5) is 7.50. The third kappa shape index (κ3) is 2.99. The van der Waals surface area contributed by atoms with Crippen molar-refractivity contribution in [1.82, 2.24) is 15.3 Å². The predicted molar refractivity (Wildman–Crippen MR) is 74.6 cm³/mol. The largest absolute Gasteiger partial charge is 0.349 e. The van der Waals surface area contributed by atoms with Crippen molar-refractivity contribution in [1.29, 1.82) is 0 Å². The number of nitrogens with zero attached hydrogens (tertiary/aromatic N) is 1. The van der Waals surface area contributed by atoms with E-state index < -0.39 is 0 Å². The van der Waals surface area contributed by atoms with Crippen molar-refractivity contribution in [2.45, 2.75) is 31.7 Å². The van der Waals surface area contributed by atoms with E-state index in [0.717, 1.165) is 18.7 Å². The Morgan fingerprint density at radius 2 is 2.06 bits per heavy atom. The maximum absolute atomic E-state index is 4.32. The molecule has 0 aliphatic carbocycles. The molecular formula is C15H21N3. The van der Waals surface area contributed by atoms with Gasteiger partial charge >= 0.3 is 0 Å². The van der Waals surface area contributed by atoms with E-state index in [0.29, 0.717) is 12.0 Å². The van der Waals surface area contributed by atoms with E-state index in [1.54, 1.807) is 0 Å². The summed E-state index contributed by atoms with van der Waals surface area (Å²) in [6.07, 6.45) is 5.74. The topological polar surface area (TPSA) is 40.7 Å². The van der Waals surface area contributed by atoms with Crippen LogP contribution in [0.2, 0.25) is 0 Å². The molecule has 0 saturated heterocycles. The fraction of sp³-hybridized carbons (Fsp3) is 0.400. The van der Waals surface area contributed by atoms with Gasteiger partial charge in [-0.2, -0.15) is 0 Å². The molecule has 96 valence electrons. The van der Waals surface area contributed by atoms with Crippen LogP contribution in [0.3, 0.4) is 0 Å². The maximum Gasteiger partial charge on any atom is 0.107 e. The first-order valence-electron chi connectivity index (χ1n) is 6.55. The van der Waals surface area contributed by atoms with Gasteiger partial charge in [0, 0.05) is 24.9 Å². The molecule has 3 nitrogen and oxygen atoms in total. The van der Waals surface area contributed by atoms with E-state index in [4.69, 9.17) is 0 Å². The Bertz CT molecular complexity index is 436. The summed E-state index contributed by atoms with van der Waals surface area (Å²) in [7, 11) is 2.03. The highest BCUT2D eigenvalue weighted by Gasteiger charge is 2.21. The molecule has 0 bridgehead atoms. The van der Waals surface area contributed by atoms with Gasteiger partial charge in [0.15, 0.2) is 0 Å². The first-order valence-corrected chi connectivity index (χ1v) is 6.55. The zero-order valence-electron chi connectivity index (χ0n) is 11.1. The molecule has 1 heterocycles. The summed E-state index contributed by atoms with van der Waals surface area (Å²) in [5.74, 6) is 1.56. The molecule has 0 aliphatic rings. The molecule has 2 rings (SSSR count). The lowest BCUT2D eigenvalue weighted by molar-refractivity contribution is 0.442. The lowest BCUT2D eigenvalue weighted by Gasteiger charge is -2.25. The number of likely N-dealkylation sites (N-methyl/N-ethyl adjacent to an activating group) is 1. The van der Waals surface area contributed by atoms with Crippen LogP contribution >= 0.6 is 0 Å². The number of rotatable bonds is 6. The summed E-state index contributed by atoms with van der Waals surface area (Å²) in [5, 5.41) is 3.43. The van der Waals surface area contributed by atoms with Crippen LogP contribution in [0.1, 0.15) is 30.7 Å². The Hall–Kier alpha value is -1.61. The molecule has 2 unspecified atom stereocenters. The molecule has 1 aromatic carbocycles. The first kappa shape index (κ1) is 12.8. The molecule has 2 atom stereocenters. The highest BCUT2D eigenvalue weighted by Crippen LogP contribution is 2.24. The lowest BCUT2D eigenvalue weighted by Crippen LogP contribution is -2.34. The third-order valence-electron chi connectivity index (χ3n) is 3.49. The minimum absolute atomic E-state index is 0.406. The number of aromatic nitrogens is 2. The fourth-order valence-electron chi connectivity index (χ4n) is 2.52. The lowest BCUT2D eigenvalue weighted by atomic mass is 9.87. The maximum atomic E-state index is 4.32. The molecule has 3 heteroatoms. The minimum Gasteiger partial charge on any atom is -0.349 e. The van der Waals surface area contributed by atoms with Crippen LogP contribution in [-0.2, 0) is 6.42 Å². The van der Waals surface area contributed by atoms with Crippen molar-refractivity contribution in [3.8, 4) is 0 Å². The van der Waals surface area contributed by atoms with E-state index in [9.17, 15) is 0 Å². The van der Waals surface area contributed by atoms with Gasteiger partial charge in [0.2, 0.25) is 0 Å². The zero-order chi connectivity index (χ0) is 12.8. The van der Waals surface area contributed by atoms with Crippen molar-refractivity contribution < 1.29 is 0 Å². The van der Waals surface area contributed by atoms with E-state index >= 15 is 0 Å². The van der Waals surface area contributed by atoms with E-state index in [1.165, 1.54) is 5.56 Å². The Morgan fingerprint density at radius 3 is 2.61 bits per heavy atom. The smallest absolute Gasteiger partial charge is 0.107 e. The average molecular weight is 243 g/mol. The van der Waals surface area contributed by atoms with Crippen molar-refractivity contribution in [3.63, 3.8) is 0 Å². The van der Waals surface area contributed by atoms with Gasteiger partial charge in [-0.1, -0.05) is 37.3 Å². The second kappa shape index (κ2) is 6.36. The molecule has 0 spiro atoms. The number of hydrogen-bond donors (Lipinski definition) is 2. The van der Waals surface area contributed by atoms with Crippen LogP contribution in [0.4, 0.5) is 0 Å². The minimum atomic E-state index is 0.406. The van der Waals surface area contributed by atoms with E-state index in [1.807, 2.05) is 19.4 Å². The van der Waals surface area contributed by atoms with E-state index in [-0.39, 0.29) is 0 Å². The highest BCUT2D eigenvalue weighted by atomic mass is 14.9. The molecule has 0 amide bonds. The zero-order valence-corrected chi connectivity index (χ0v) is 11.1. The Balaban J connectivity index is 2.14. The molecule has 18 heavy (non-hydrogen) atoms. The first-order chi connectivity index (χ1) is 8.85. The van der Waals surface area contributed by atoms with Crippen LogP contribution < -0.4 is 5.32 Å². The SMILES string of the molecule is CCC(c1ccccc1)C(Cc1ncc[nH]1)NC. The molecule has 0 radical (unpaired) electrons. The van der Waals surface area contributed by atoms with Gasteiger partial charge in [-0.3, -0.25) is 0 Å². The van der Waals surface area contributed by atoms with Crippen molar-refractivity contribution in [3.05, 3.63) is 54.1 Å². The molecular weight excluding hydrogens is 222 g/mol. The average Bonchev–Trinajstić information content (AvgIpc) is 2.92. The number of benzene rings is 1. The van der Waals surface area contributed by atoms with Gasteiger partial charge < -0.3 is 10.3 Å². The second-order valence-corrected chi connectivity index (χ2v) is 4.56. The van der Waals surface area contributed by atoms with Crippen LogP contribution in [0, 0.1) is 0 Å². The third-order valence-corrected chi connectivity index (χ3v) is 3.49. The standard InChI is InChI=1S/C15H21N3/c1-3-13(12-7-5-4-6-8-12)14(16-2)11-15-17-9-10-18-15/h4-10,13-14,16H,3,11H2,1-2H3,(H,17,18). The number of nitrogens with one attached hydrogen (secondary N) is 2. The number of imidazole rings is 1. The molecule has 2 aromatic rings. The number of H-pyrrole nitrogens is 1. The van der Waals surface area contributed by atoms with Gasteiger partial charge in [-0.25, -0.2) is 4.98 Å². The highest BCUT2D eigenvalue weighted by molar-refractivity contribution is 5.21. The summed E-state index contributed by atoms with van der Waals surface area (Å²) in [5.41, 5.74) is 1.39. The quantitative estimate of drug-likeness (QED) is 0.819. The Labute approximate surface area is 109 Å². The second-order valence-electron chi connectivity index (χ2n) is 4.56. The van der Waals surface area contributed by atoms with Gasteiger partial charge in [0.25, 0.3) is 0 Å². The summed E-state index contributed by atoms with van der Waals surface area (Å²) < 4.78 is 0. The van der Waals surface area contributed by atoms with Gasteiger partial charge in [0.05, 0.1) is 0 Å². The van der Waals surface area contributed by atoms with Crippen molar-refractivity contribution in [2.24, 2.45) is 0 Å². The van der Waals surface area contributed by atoms with Crippen LogP contribution in [0.5, 0.6) is 0 Å². The molecule has 1 aromatic heterocycles. The molecule has 0 saturated carbocycles. The Morgan fingerprint density at radius 1 is 1.28 bits per heavy atom. The summed E-state index contributed by atoms with van der Waals surface area (Å²) in [6, 6.07) is 11.1. The van der Waals surface area contributed by atoms with Gasteiger partial charge in [-0.05, 0) is 24.9 Å². The van der Waals surface area contributed by atoms with Crippen LogP contribution in [-0.4, -0.2) is 23.1 Å². The Kier molecular flexibility index (Phi) is 4.53. The van der Waals surface area contributed by atoms with Gasteiger partial charge in [-0.15, -0.1) is 0 Å². The number of aromatic amines is 1. The number of hydrogen-bond acceptors (Lipinski definition) is 2. The normalized spacial score (nSPS) is 14.3. The van der Waals surface area contributed by atoms with Crippen LogP contribution in [0.15, 0.2) is 42.7 Å². The summed E-state index contributed by atoms with van der Waals surface area (Å²) >= 11 is 0. The van der Waals surface area contributed by atoms with Crippen molar-refractivity contribution >= 4 is 0 Å². The monoisotopic (exact) mass is 243 g/mol. The predicted octanol–water partition coefficient (Wildman–Crippen LogP) is 2.73.